The second-order valence-electron chi connectivity index (χ2n) is 5.00. The number of methoxy groups -OCH3 is 1. The molecule has 7 heteroatoms. The highest BCUT2D eigenvalue weighted by Gasteiger charge is 2.34. The number of pyridine rings is 1. The van der Waals surface area contributed by atoms with Gasteiger partial charge in [-0.2, -0.15) is 13.2 Å². The smallest absolute Gasteiger partial charge is 0.416 e. The summed E-state index contributed by atoms with van der Waals surface area (Å²) in [7, 11) is 1.52. The molecule has 0 fully saturated rings. The molecule has 1 heterocycles. The molecule has 1 N–H and O–H groups in total. The molecule has 0 amide bonds. The van der Waals surface area contributed by atoms with Crippen molar-refractivity contribution >= 4 is 0 Å². The van der Waals surface area contributed by atoms with E-state index >= 15 is 0 Å². The lowest BCUT2D eigenvalue weighted by Crippen LogP contribution is -2.24. The SMILES string of the molecule is COc1ccc(Cn2cc(CCO)c(C(F)(F)F)cc2=O)cc1. The number of benzene rings is 1. The van der Waals surface area contributed by atoms with Crippen LogP contribution < -0.4 is 10.3 Å². The van der Waals surface area contributed by atoms with E-state index in [1.807, 2.05) is 0 Å². The maximum absolute atomic E-state index is 13.0. The first-order valence-corrected chi connectivity index (χ1v) is 6.89. The zero-order valence-electron chi connectivity index (χ0n) is 12.4. The van der Waals surface area contributed by atoms with Gasteiger partial charge in [0.1, 0.15) is 5.75 Å². The molecule has 0 aliphatic heterocycles. The average molecular weight is 327 g/mol. The van der Waals surface area contributed by atoms with Gasteiger partial charge in [0.05, 0.1) is 19.2 Å². The molecule has 0 saturated heterocycles. The van der Waals surface area contributed by atoms with E-state index in [4.69, 9.17) is 9.84 Å². The summed E-state index contributed by atoms with van der Waals surface area (Å²) in [5, 5.41) is 8.95. The van der Waals surface area contributed by atoms with E-state index in [9.17, 15) is 18.0 Å². The zero-order chi connectivity index (χ0) is 17.0. The van der Waals surface area contributed by atoms with Crippen LogP contribution in [0, 0.1) is 0 Å². The zero-order valence-corrected chi connectivity index (χ0v) is 12.4. The van der Waals surface area contributed by atoms with E-state index in [-0.39, 0.29) is 18.5 Å². The highest BCUT2D eigenvalue weighted by atomic mass is 19.4. The minimum Gasteiger partial charge on any atom is -0.497 e. The number of aliphatic hydroxyl groups is 1. The normalized spacial score (nSPS) is 11.5. The molecule has 1 aromatic carbocycles. The summed E-state index contributed by atoms with van der Waals surface area (Å²) in [4.78, 5) is 11.9. The lowest BCUT2D eigenvalue weighted by atomic mass is 10.1. The average Bonchev–Trinajstić information content (AvgIpc) is 2.50. The number of halogens is 3. The lowest BCUT2D eigenvalue weighted by molar-refractivity contribution is -0.138. The van der Waals surface area contributed by atoms with E-state index in [1.54, 1.807) is 24.3 Å². The van der Waals surface area contributed by atoms with Crippen molar-refractivity contribution in [2.24, 2.45) is 0 Å². The first-order chi connectivity index (χ1) is 10.8. The van der Waals surface area contributed by atoms with E-state index in [1.165, 1.54) is 11.7 Å². The van der Waals surface area contributed by atoms with Crippen molar-refractivity contribution in [3.05, 3.63) is 63.6 Å². The number of hydrogen-bond donors (Lipinski definition) is 1. The minimum atomic E-state index is -4.62. The molecule has 2 rings (SSSR count). The monoisotopic (exact) mass is 327 g/mol. The van der Waals surface area contributed by atoms with Crippen LogP contribution in [0.4, 0.5) is 13.2 Å². The summed E-state index contributed by atoms with van der Waals surface area (Å²) in [6.07, 6.45) is -3.63. The fourth-order valence-electron chi connectivity index (χ4n) is 2.26. The van der Waals surface area contributed by atoms with Gasteiger partial charge in [-0.3, -0.25) is 4.79 Å². The van der Waals surface area contributed by atoms with Crippen LogP contribution in [0.3, 0.4) is 0 Å². The first-order valence-electron chi connectivity index (χ1n) is 6.89. The second-order valence-corrected chi connectivity index (χ2v) is 5.00. The summed E-state index contributed by atoms with van der Waals surface area (Å²) < 4.78 is 45.1. The number of rotatable bonds is 5. The quantitative estimate of drug-likeness (QED) is 0.918. The molecule has 0 spiro atoms. The highest BCUT2D eigenvalue weighted by molar-refractivity contribution is 5.30. The van der Waals surface area contributed by atoms with Gasteiger partial charge >= 0.3 is 6.18 Å². The van der Waals surface area contributed by atoms with Crippen molar-refractivity contribution < 1.29 is 23.0 Å². The van der Waals surface area contributed by atoms with Gasteiger partial charge in [0.2, 0.25) is 0 Å². The molecule has 124 valence electrons. The lowest BCUT2D eigenvalue weighted by Gasteiger charge is -2.15. The third kappa shape index (κ3) is 4.13. The summed E-state index contributed by atoms with van der Waals surface area (Å²) in [5.74, 6) is 0.648. The summed E-state index contributed by atoms with van der Waals surface area (Å²) in [6.45, 7) is -0.288. The topological polar surface area (TPSA) is 51.5 Å². The Labute approximate surface area is 130 Å². The molecule has 4 nitrogen and oxygen atoms in total. The molecule has 0 aliphatic rings. The van der Waals surface area contributed by atoms with Gasteiger partial charge in [0, 0.05) is 18.9 Å². The molecule has 0 saturated carbocycles. The Hall–Kier alpha value is -2.28. The summed E-state index contributed by atoms with van der Waals surface area (Å²) in [5.41, 5.74) is -1.09. The number of aliphatic hydroxyl groups excluding tert-OH is 1. The van der Waals surface area contributed by atoms with Gasteiger partial charge in [-0.05, 0) is 29.7 Å². The van der Waals surface area contributed by atoms with Gasteiger partial charge in [0.15, 0.2) is 0 Å². The Morgan fingerprint density at radius 3 is 2.39 bits per heavy atom. The maximum atomic E-state index is 13.0. The Morgan fingerprint density at radius 1 is 1.22 bits per heavy atom. The van der Waals surface area contributed by atoms with Crippen molar-refractivity contribution in [2.75, 3.05) is 13.7 Å². The molecule has 0 aliphatic carbocycles. The second kappa shape index (κ2) is 6.87. The maximum Gasteiger partial charge on any atom is 0.416 e. The summed E-state index contributed by atoms with van der Waals surface area (Å²) in [6, 6.07) is 7.45. The Balaban J connectivity index is 2.38. The summed E-state index contributed by atoms with van der Waals surface area (Å²) >= 11 is 0. The Morgan fingerprint density at radius 2 is 1.87 bits per heavy atom. The Bertz CT molecular complexity index is 721. The third-order valence-corrected chi connectivity index (χ3v) is 3.41. The van der Waals surface area contributed by atoms with Crippen molar-refractivity contribution in [1.82, 2.24) is 4.57 Å². The highest BCUT2D eigenvalue weighted by Crippen LogP contribution is 2.31. The Kier molecular flexibility index (Phi) is 5.10. The van der Waals surface area contributed by atoms with Gasteiger partial charge in [-0.15, -0.1) is 0 Å². The number of nitrogens with zero attached hydrogens (tertiary/aromatic N) is 1. The van der Waals surface area contributed by atoms with Crippen molar-refractivity contribution in [1.29, 1.82) is 0 Å². The third-order valence-electron chi connectivity index (χ3n) is 3.41. The molecular formula is C16H16F3NO3. The van der Waals surface area contributed by atoms with Crippen LogP contribution in [-0.2, 0) is 19.1 Å². The predicted molar refractivity (Wildman–Crippen MR) is 78.6 cm³/mol. The molecular weight excluding hydrogens is 311 g/mol. The van der Waals surface area contributed by atoms with Crippen LogP contribution in [0.15, 0.2) is 41.3 Å². The standard InChI is InChI=1S/C16H16F3NO3/c1-23-13-4-2-11(3-5-13)9-20-10-12(6-7-21)14(8-15(20)22)16(17,18)19/h2-5,8,10,21H,6-7,9H2,1H3. The van der Waals surface area contributed by atoms with Crippen LogP contribution in [0.2, 0.25) is 0 Å². The van der Waals surface area contributed by atoms with E-state index in [0.29, 0.717) is 11.8 Å². The molecule has 0 atom stereocenters. The fraction of sp³-hybridized carbons (Fsp3) is 0.312. The molecule has 2 aromatic rings. The predicted octanol–water partition coefficient (Wildman–Crippen LogP) is 2.46. The number of alkyl halides is 3. The number of hydrogen-bond acceptors (Lipinski definition) is 3. The van der Waals surface area contributed by atoms with Crippen LogP contribution >= 0.6 is 0 Å². The largest absolute Gasteiger partial charge is 0.497 e. The van der Waals surface area contributed by atoms with E-state index < -0.39 is 23.9 Å². The van der Waals surface area contributed by atoms with Gasteiger partial charge in [-0.1, -0.05) is 12.1 Å². The van der Waals surface area contributed by atoms with Crippen LogP contribution in [0.25, 0.3) is 0 Å². The molecule has 23 heavy (non-hydrogen) atoms. The minimum absolute atomic E-state index is 0.104. The molecule has 1 aromatic heterocycles. The number of aromatic nitrogens is 1. The van der Waals surface area contributed by atoms with Gasteiger partial charge in [-0.25, -0.2) is 0 Å². The van der Waals surface area contributed by atoms with E-state index in [2.05, 4.69) is 0 Å². The van der Waals surface area contributed by atoms with Crippen LogP contribution in [0.1, 0.15) is 16.7 Å². The van der Waals surface area contributed by atoms with Crippen molar-refractivity contribution in [3.63, 3.8) is 0 Å². The van der Waals surface area contributed by atoms with Gasteiger partial charge < -0.3 is 14.4 Å². The fourth-order valence-corrected chi connectivity index (χ4v) is 2.26. The van der Waals surface area contributed by atoms with Gasteiger partial charge in [0.25, 0.3) is 5.56 Å². The molecule has 0 bridgehead atoms. The number of ether oxygens (including phenoxy) is 1. The molecule has 0 radical (unpaired) electrons. The van der Waals surface area contributed by atoms with E-state index in [0.717, 1.165) is 11.8 Å². The molecule has 0 unspecified atom stereocenters. The van der Waals surface area contributed by atoms with Crippen LogP contribution in [-0.4, -0.2) is 23.4 Å². The van der Waals surface area contributed by atoms with Crippen molar-refractivity contribution in [3.8, 4) is 5.75 Å². The first kappa shape index (κ1) is 17.1. The van der Waals surface area contributed by atoms with Crippen LogP contribution in [0.5, 0.6) is 5.75 Å². The van der Waals surface area contributed by atoms with Crippen molar-refractivity contribution in [2.45, 2.75) is 19.1 Å².